The molecule has 5 heteroatoms. The number of rotatable bonds is 4. The zero-order valence-electron chi connectivity index (χ0n) is 10.5. The second kappa shape index (κ2) is 5.39. The maximum Gasteiger partial charge on any atom is 0.337 e. The van der Waals surface area contributed by atoms with Gasteiger partial charge in [0, 0.05) is 29.7 Å². The van der Waals surface area contributed by atoms with Crippen LogP contribution < -0.4 is 10.5 Å². The van der Waals surface area contributed by atoms with Crippen LogP contribution in [0.4, 0.5) is 5.69 Å². The molecule has 0 aliphatic rings. The van der Waals surface area contributed by atoms with Crippen molar-refractivity contribution < 1.29 is 14.6 Å². The highest BCUT2D eigenvalue weighted by atomic mass is 16.5. The van der Waals surface area contributed by atoms with E-state index in [1.165, 1.54) is 12.1 Å². The van der Waals surface area contributed by atoms with Crippen LogP contribution >= 0.6 is 0 Å². The van der Waals surface area contributed by atoms with Crippen molar-refractivity contribution in [3.05, 3.63) is 53.3 Å². The van der Waals surface area contributed by atoms with Gasteiger partial charge < -0.3 is 15.6 Å². The first-order chi connectivity index (χ1) is 9.06. The zero-order chi connectivity index (χ0) is 13.8. The molecule has 1 aromatic heterocycles. The molecule has 0 saturated carbocycles. The Morgan fingerprint density at radius 3 is 2.79 bits per heavy atom. The predicted octanol–water partition coefficient (Wildman–Crippen LogP) is 2.25. The number of nitrogens with two attached hydrogens (primary N) is 1. The van der Waals surface area contributed by atoms with E-state index in [9.17, 15) is 4.79 Å². The van der Waals surface area contributed by atoms with Gasteiger partial charge in [0.15, 0.2) is 0 Å². The molecule has 0 fully saturated rings. The Kier molecular flexibility index (Phi) is 3.66. The third-order valence-electron chi connectivity index (χ3n) is 2.59. The van der Waals surface area contributed by atoms with Crippen molar-refractivity contribution in [2.75, 3.05) is 5.73 Å². The molecule has 0 aliphatic carbocycles. The van der Waals surface area contributed by atoms with Crippen LogP contribution in [0.1, 0.15) is 21.5 Å². The van der Waals surface area contributed by atoms with Gasteiger partial charge in [-0.3, -0.25) is 4.98 Å². The van der Waals surface area contributed by atoms with Crippen LogP contribution in [0.25, 0.3) is 0 Å². The Labute approximate surface area is 110 Å². The molecule has 0 saturated heterocycles. The van der Waals surface area contributed by atoms with Crippen molar-refractivity contribution in [1.29, 1.82) is 0 Å². The summed E-state index contributed by atoms with van der Waals surface area (Å²) in [4.78, 5) is 14.9. The lowest BCUT2D eigenvalue weighted by molar-refractivity contribution is 0.0698. The first kappa shape index (κ1) is 12.9. The Balaban J connectivity index is 2.08. The highest BCUT2D eigenvalue weighted by Gasteiger charge is 2.08. The van der Waals surface area contributed by atoms with Crippen molar-refractivity contribution in [2.24, 2.45) is 0 Å². The maximum absolute atomic E-state index is 10.8. The molecule has 0 bridgehead atoms. The number of carboxylic acids is 1. The lowest BCUT2D eigenvalue weighted by atomic mass is 10.2. The number of aromatic nitrogens is 1. The molecule has 98 valence electrons. The third-order valence-corrected chi connectivity index (χ3v) is 2.59. The number of carboxylic acid groups (broad SMARTS) is 1. The van der Waals surface area contributed by atoms with Gasteiger partial charge in [-0.25, -0.2) is 4.79 Å². The van der Waals surface area contributed by atoms with Crippen molar-refractivity contribution in [3.8, 4) is 5.75 Å². The molecule has 3 N–H and O–H groups in total. The molecular weight excluding hydrogens is 244 g/mol. The predicted molar refractivity (Wildman–Crippen MR) is 71.1 cm³/mol. The molecule has 0 amide bonds. The Bertz CT molecular complexity index is 611. The first-order valence-electron chi connectivity index (χ1n) is 5.72. The second-order valence-electron chi connectivity index (χ2n) is 4.21. The Morgan fingerprint density at radius 1 is 1.37 bits per heavy atom. The number of nitrogen functional groups attached to an aromatic ring is 1. The van der Waals surface area contributed by atoms with Gasteiger partial charge in [0.1, 0.15) is 12.4 Å². The molecule has 5 nitrogen and oxygen atoms in total. The van der Waals surface area contributed by atoms with Gasteiger partial charge in [0.05, 0.1) is 5.56 Å². The van der Waals surface area contributed by atoms with E-state index in [-0.39, 0.29) is 11.3 Å². The summed E-state index contributed by atoms with van der Waals surface area (Å²) < 4.78 is 5.55. The lowest BCUT2D eigenvalue weighted by Gasteiger charge is -2.08. The largest absolute Gasteiger partial charge is 0.489 e. The van der Waals surface area contributed by atoms with E-state index in [0.717, 1.165) is 11.1 Å². The summed E-state index contributed by atoms with van der Waals surface area (Å²) in [5, 5.41) is 8.87. The van der Waals surface area contributed by atoms with Crippen LogP contribution in [0.3, 0.4) is 0 Å². The van der Waals surface area contributed by atoms with Gasteiger partial charge in [-0.2, -0.15) is 0 Å². The van der Waals surface area contributed by atoms with E-state index in [1.807, 2.05) is 13.0 Å². The van der Waals surface area contributed by atoms with Gasteiger partial charge in [-0.15, -0.1) is 0 Å². The molecule has 2 aromatic rings. The fourth-order valence-electron chi connectivity index (χ4n) is 1.69. The molecule has 0 unspecified atom stereocenters. The van der Waals surface area contributed by atoms with Crippen LogP contribution in [-0.2, 0) is 6.61 Å². The Morgan fingerprint density at radius 2 is 2.16 bits per heavy atom. The molecule has 19 heavy (non-hydrogen) atoms. The minimum absolute atomic E-state index is 0.0737. The number of hydrogen-bond acceptors (Lipinski definition) is 4. The SMILES string of the molecule is Cc1cncc(COc2ccc(C(=O)O)c(N)c2)c1. The van der Waals surface area contributed by atoms with Crippen molar-refractivity contribution >= 4 is 11.7 Å². The molecule has 1 aromatic carbocycles. The van der Waals surface area contributed by atoms with E-state index in [1.54, 1.807) is 18.5 Å². The smallest absolute Gasteiger partial charge is 0.337 e. The standard InChI is InChI=1S/C14H14N2O3/c1-9-4-10(7-16-6-9)8-19-11-2-3-12(14(17)18)13(15)5-11/h2-7H,8,15H2,1H3,(H,17,18). The normalized spacial score (nSPS) is 10.2. The number of benzene rings is 1. The van der Waals surface area contributed by atoms with E-state index < -0.39 is 5.97 Å². The van der Waals surface area contributed by atoms with Crippen LogP contribution in [0.15, 0.2) is 36.7 Å². The van der Waals surface area contributed by atoms with Gasteiger partial charge in [-0.05, 0) is 30.7 Å². The molecular formula is C14H14N2O3. The van der Waals surface area contributed by atoms with E-state index in [0.29, 0.717) is 12.4 Å². The summed E-state index contributed by atoms with van der Waals surface area (Å²) in [6, 6.07) is 6.50. The molecule has 2 rings (SSSR count). The number of ether oxygens (including phenoxy) is 1. The van der Waals surface area contributed by atoms with Crippen LogP contribution in [0.5, 0.6) is 5.75 Å². The van der Waals surface area contributed by atoms with Crippen molar-refractivity contribution in [1.82, 2.24) is 4.98 Å². The minimum Gasteiger partial charge on any atom is -0.489 e. The maximum atomic E-state index is 10.8. The quantitative estimate of drug-likeness (QED) is 0.821. The third kappa shape index (κ3) is 3.22. The summed E-state index contributed by atoms with van der Waals surface area (Å²) in [5.41, 5.74) is 7.91. The highest BCUT2D eigenvalue weighted by Crippen LogP contribution is 2.20. The van der Waals surface area contributed by atoms with Crippen LogP contribution in [0.2, 0.25) is 0 Å². The first-order valence-corrected chi connectivity index (χ1v) is 5.72. The summed E-state index contributed by atoms with van der Waals surface area (Å²) in [5.74, 6) is -0.518. The van der Waals surface area contributed by atoms with Crippen molar-refractivity contribution in [2.45, 2.75) is 13.5 Å². The van der Waals surface area contributed by atoms with Gasteiger partial charge in [0.2, 0.25) is 0 Å². The molecule has 0 aliphatic heterocycles. The number of anilines is 1. The highest BCUT2D eigenvalue weighted by molar-refractivity contribution is 5.93. The summed E-state index contributed by atoms with van der Waals surface area (Å²) >= 11 is 0. The fraction of sp³-hybridized carbons (Fsp3) is 0.143. The molecule has 0 atom stereocenters. The summed E-state index contributed by atoms with van der Waals surface area (Å²) in [7, 11) is 0. The van der Waals surface area contributed by atoms with Gasteiger partial charge >= 0.3 is 5.97 Å². The number of nitrogens with zero attached hydrogens (tertiary/aromatic N) is 1. The molecule has 0 radical (unpaired) electrons. The van der Waals surface area contributed by atoms with E-state index >= 15 is 0 Å². The lowest BCUT2D eigenvalue weighted by Crippen LogP contribution is -2.03. The van der Waals surface area contributed by atoms with Gasteiger partial charge in [-0.1, -0.05) is 0 Å². The van der Waals surface area contributed by atoms with Gasteiger partial charge in [0.25, 0.3) is 0 Å². The molecule has 1 heterocycles. The monoisotopic (exact) mass is 258 g/mol. The Hall–Kier alpha value is -2.56. The number of aryl methyl sites for hydroxylation is 1. The van der Waals surface area contributed by atoms with E-state index in [4.69, 9.17) is 15.6 Å². The fourth-order valence-corrected chi connectivity index (χ4v) is 1.69. The minimum atomic E-state index is -1.05. The van der Waals surface area contributed by atoms with Crippen LogP contribution in [0, 0.1) is 6.92 Å². The number of pyridine rings is 1. The summed E-state index contributed by atoms with van der Waals surface area (Å²) in [6.07, 6.45) is 3.49. The molecule has 0 spiro atoms. The zero-order valence-corrected chi connectivity index (χ0v) is 10.5. The summed E-state index contributed by atoms with van der Waals surface area (Å²) in [6.45, 7) is 2.32. The van der Waals surface area contributed by atoms with Crippen LogP contribution in [-0.4, -0.2) is 16.1 Å². The number of aromatic carboxylic acids is 1. The number of hydrogen-bond donors (Lipinski definition) is 2. The van der Waals surface area contributed by atoms with E-state index in [2.05, 4.69) is 4.98 Å². The average Bonchev–Trinajstić information content (AvgIpc) is 2.36. The average molecular weight is 258 g/mol. The van der Waals surface area contributed by atoms with Crippen molar-refractivity contribution in [3.63, 3.8) is 0 Å². The number of carbonyl (C=O) groups is 1. The topological polar surface area (TPSA) is 85.4 Å². The second-order valence-corrected chi connectivity index (χ2v) is 4.21.